The molecule has 0 radical (unpaired) electrons. The summed E-state index contributed by atoms with van der Waals surface area (Å²) in [4.78, 5) is 12.2. The molecule has 2 N–H and O–H groups in total. The van der Waals surface area contributed by atoms with Crippen LogP contribution in [0.25, 0.3) is 0 Å². The maximum Gasteiger partial charge on any atom is 0.262 e. The predicted octanol–water partition coefficient (Wildman–Crippen LogP) is 5.06. The Hall–Kier alpha value is -3.27. The standard InChI is InChI=1S/C22H22N2O2/c1-16-7-11-18(12-8-16)23-20-5-3-4-6-21(20)24-22(25)15-26-19-13-9-17(2)10-14-19/h3-14,23H,15H2,1-2H3,(H,24,25). The van der Waals surface area contributed by atoms with Crippen molar-refractivity contribution in [2.45, 2.75) is 13.8 Å². The lowest BCUT2D eigenvalue weighted by Gasteiger charge is -2.13. The summed E-state index contributed by atoms with van der Waals surface area (Å²) in [7, 11) is 0. The predicted molar refractivity (Wildman–Crippen MR) is 106 cm³/mol. The van der Waals surface area contributed by atoms with Crippen LogP contribution < -0.4 is 15.4 Å². The fourth-order valence-corrected chi connectivity index (χ4v) is 2.46. The van der Waals surface area contributed by atoms with Crippen LogP contribution in [0.15, 0.2) is 72.8 Å². The van der Waals surface area contributed by atoms with E-state index in [0.717, 1.165) is 16.9 Å². The van der Waals surface area contributed by atoms with Crippen LogP contribution in [0.1, 0.15) is 11.1 Å². The number of ether oxygens (including phenoxy) is 1. The number of amides is 1. The summed E-state index contributed by atoms with van der Waals surface area (Å²) in [5, 5.41) is 6.23. The highest BCUT2D eigenvalue weighted by Gasteiger charge is 2.08. The van der Waals surface area contributed by atoms with Crippen molar-refractivity contribution in [1.29, 1.82) is 0 Å². The molecule has 0 aliphatic rings. The van der Waals surface area contributed by atoms with E-state index in [4.69, 9.17) is 4.74 Å². The van der Waals surface area contributed by atoms with Crippen molar-refractivity contribution in [2.24, 2.45) is 0 Å². The van der Waals surface area contributed by atoms with E-state index in [1.54, 1.807) is 0 Å². The van der Waals surface area contributed by atoms with Gasteiger partial charge in [-0.15, -0.1) is 0 Å². The van der Waals surface area contributed by atoms with Crippen molar-refractivity contribution in [3.63, 3.8) is 0 Å². The molecule has 132 valence electrons. The van der Waals surface area contributed by atoms with Gasteiger partial charge in [0.05, 0.1) is 11.4 Å². The van der Waals surface area contributed by atoms with Crippen molar-refractivity contribution >= 4 is 23.0 Å². The molecule has 4 nitrogen and oxygen atoms in total. The Morgan fingerprint density at radius 2 is 1.38 bits per heavy atom. The van der Waals surface area contributed by atoms with Crippen LogP contribution in [0.5, 0.6) is 5.75 Å². The molecule has 0 saturated carbocycles. The highest BCUT2D eigenvalue weighted by molar-refractivity contribution is 5.95. The first-order valence-corrected chi connectivity index (χ1v) is 8.52. The van der Waals surface area contributed by atoms with Crippen molar-refractivity contribution in [3.8, 4) is 5.75 Å². The quantitative estimate of drug-likeness (QED) is 0.655. The van der Waals surface area contributed by atoms with Crippen LogP contribution in [0.3, 0.4) is 0 Å². The number of rotatable bonds is 6. The van der Waals surface area contributed by atoms with Gasteiger partial charge in [-0.1, -0.05) is 47.5 Å². The fraction of sp³-hybridized carbons (Fsp3) is 0.136. The number of carbonyl (C=O) groups excluding carboxylic acids is 1. The molecule has 0 aromatic heterocycles. The average molecular weight is 346 g/mol. The average Bonchev–Trinajstić information content (AvgIpc) is 2.65. The lowest BCUT2D eigenvalue weighted by Crippen LogP contribution is -2.20. The van der Waals surface area contributed by atoms with Crippen molar-refractivity contribution < 1.29 is 9.53 Å². The molecular weight excluding hydrogens is 324 g/mol. The second-order valence-electron chi connectivity index (χ2n) is 6.19. The topological polar surface area (TPSA) is 50.4 Å². The van der Waals surface area contributed by atoms with Gasteiger partial charge in [-0.3, -0.25) is 4.79 Å². The molecule has 0 fully saturated rings. The van der Waals surface area contributed by atoms with Gasteiger partial charge in [0.25, 0.3) is 5.91 Å². The second-order valence-corrected chi connectivity index (χ2v) is 6.19. The zero-order chi connectivity index (χ0) is 18.4. The highest BCUT2D eigenvalue weighted by Crippen LogP contribution is 2.25. The summed E-state index contributed by atoms with van der Waals surface area (Å²) in [6.45, 7) is 4.02. The van der Waals surface area contributed by atoms with Gasteiger partial charge < -0.3 is 15.4 Å². The maximum atomic E-state index is 12.2. The maximum absolute atomic E-state index is 12.2. The normalized spacial score (nSPS) is 10.2. The number of anilines is 3. The molecule has 0 atom stereocenters. The zero-order valence-electron chi connectivity index (χ0n) is 15.0. The molecule has 0 saturated heterocycles. The van der Waals surface area contributed by atoms with Gasteiger partial charge in [0.15, 0.2) is 6.61 Å². The Balaban J connectivity index is 1.62. The number of hydrogen-bond donors (Lipinski definition) is 2. The van der Waals surface area contributed by atoms with E-state index in [0.29, 0.717) is 11.4 Å². The molecule has 3 rings (SSSR count). The van der Waals surface area contributed by atoms with E-state index < -0.39 is 0 Å². The van der Waals surface area contributed by atoms with E-state index in [9.17, 15) is 4.79 Å². The van der Waals surface area contributed by atoms with Crippen LogP contribution in [-0.2, 0) is 4.79 Å². The first-order chi connectivity index (χ1) is 12.6. The Morgan fingerprint density at radius 1 is 0.808 bits per heavy atom. The molecule has 0 heterocycles. The Labute approximate surface area is 153 Å². The summed E-state index contributed by atoms with van der Waals surface area (Å²) in [6, 6.07) is 23.3. The molecule has 0 bridgehead atoms. The first kappa shape index (κ1) is 17.5. The molecule has 3 aromatic rings. The molecule has 26 heavy (non-hydrogen) atoms. The molecule has 0 unspecified atom stereocenters. The third-order valence-electron chi connectivity index (χ3n) is 3.92. The molecule has 0 aliphatic carbocycles. The number of carbonyl (C=O) groups is 1. The van der Waals surface area contributed by atoms with E-state index in [2.05, 4.69) is 10.6 Å². The molecule has 0 spiro atoms. The first-order valence-electron chi connectivity index (χ1n) is 8.52. The summed E-state index contributed by atoms with van der Waals surface area (Å²) in [5.41, 5.74) is 4.86. The minimum atomic E-state index is -0.205. The molecule has 1 amide bonds. The van der Waals surface area contributed by atoms with Gasteiger partial charge in [0, 0.05) is 5.69 Å². The SMILES string of the molecule is Cc1ccc(Nc2ccccc2NC(=O)COc2ccc(C)cc2)cc1. The summed E-state index contributed by atoms with van der Waals surface area (Å²) < 4.78 is 5.53. The van der Waals surface area contributed by atoms with Gasteiger partial charge in [0.1, 0.15) is 5.75 Å². The van der Waals surface area contributed by atoms with Gasteiger partial charge in [-0.25, -0.2) is 0 Å². The molecule has 0 aliphatic heterocycles. The molecule has 3 aromatic carbocycles. The zero-order valence-corrected chi connectivity index (χ0v) is 15.0. The minimum Gasteiger partial charge on any atom is -0.484 e. The summed E-state index contributed by atoms with van der Waals surface area (Å²) in [6.07, 6.45) is 0. The highest BCUT2D eigenvalue weighted by atomic mass is 16.5. The van der Waals surface area contributed by atoms with Crippen molar-refractivity contribution in [1.82, 2.24) is 0 Å². The largest absolute Gasteiger partial charge is 0.484 e. The van der Waals surface area contributed by atoms with E-state index in [-0.39, 0.29) is 12.5 Å². The Bertz CT molecular complexity index is 871. The molecule has 4 heteroatoms. The Morgan fingerprint density at radius 3 is 2.04 bits per heavy atom. The lowest BCUT2D eigenvalue weighted by molar-refractivity contribution is -0.118. The van der Waals surface area contributed by atoms with Gasteiger partial charge in [-0.2, -0.15) is 0 Å². The van der Waals surface area contributed by atoms with Crippen LogP contribution >= 0.6 is 0 Å². The van der Waals surface area contributed by atoms with Crippen LogP contribution in [0.2, 0.25) is 0 Å². The monoisotopic (exact) mass is 346 g/mol. The van der Waals surface area contributed by atoms with Crippen molar-refractivity contribution in [3.05, 3.63) is 83.9 Å². The summed E-state index contributed by atoms with van der Waals surface area (Å²) >= 11 is 0. The van der Waals surface area contributed by atoms with Crippen molar-refractivity contribution in [2.75, 3.05) is 17.2 Å². The van der Waals surface area contributed by atoms with Gasteiger partial charge >= 0.3 is 0 Å². The number of benzene rings is 3. The van der Waals surface area contributed by atoms with Crippen LogP contribution in [-0.4, -0.2) is 12.5 Å². The number of hydrogen-bond acceptors (Lipinski definition) is 3. The molecular formula is C22H22N2O2. The van der Waals surface area contributed by atoms with Gasteiger partial charge in [0.2, 0.25) is 0 Å². The number of para-hydroxylation sites is 2. The van der Waals surface area contributed by atoms with E-state index in [1.165, 1.54) is 5.56 Å². The van der Waals surface area contributed by atoms with Crippen LogP contribution in [0.4, 0.5) is 17.1 Å². The fourth-order valence-electron chi connectivity index (χ4n) is 2.46. The number of aryl methyl sites for hydroxylation is 2. The van der Waals surface area contributed by atoms with Crippen LogP contribution in [0, 0.1) is 13.8 Å². The third-order valence-corrected chi connectivity index (χ3v) is 3.92. The van der Waals surface area contributed by atoms with E-state index >= 15 is 0 Å². The second kappa shape index (κ2) is 8.21. The Kier molecular flexibility index (Phi) is 5.54. The minimum absolute atomic E-state index is 0.0398. The summed E-state index contributed by atoms with van der Waals surface area (Å²) in [5.74, 6) is 0.473. The lowest BCUT2D eigenvalue weighted by atomic mass is 10.2. The van der Waals surface area contributed by atoms with E-state index in [1.807, 2.05) is 86.6 Å². The van der Waals surface area contributed by atoms with Gasteiger partial charge in [-0.05, 0) is 50.2 Å². The third kappa shape index (κ3) is 4.86. The number of nitrogens with one attached hydrogen (secondary N) is 2. The smallest absolute Gasteiger partial charge is 0.262 e.